The van der Waals surface area contributed by atoms with Gasteiger partial charge in [-0.3, -0.25) is 4.79 Å². The number of fused-ring (bicyclic) bond motifs is 1. The van der Waals surface area contributed by atoms with Crippen LogP contribution in [0.4, 0.5) is 0 Å². The monoisotopic (exact) mass is 447 g/mol. The Labute approximate surface area is 188 Å². The molecule has 0 fully saturated rings. The summed E-state index contributed by atoms with van der Waals surface area (Å²) in [6, 6.07) is 22.1. The maximum absolute atomic E-state index is 12.4. The van der Waals surface area contributed by atoms with Crippen LogP contribution in [0.15, 0.2) is 88.1 Å². The van der Waals surface area contributed by atoms with Crippen molar-refractivity contribution in [2.75, 3.05) is 6.54 Å². The molecule has 160 valence electrons. The number of benzene rings is 3. The van der Waals surface area contributed by atoms with Gasteiger partial charge in [0.25, 0.3) is 5.91 Å². The number of halogens is 1. The van der Waals surface area contributed by atoms with Crippen molar-refractivity contribution in [3.8, 4) is 5.75 Å². The molecular weight excluding hydrogens is 430 g/mol. The molecule has 4 aromatic rings. The third-order valence-electron chi connectivity index (χ3n) is 4.78. The molecule has 1 aromatic heterocycles. The zero-order valence-corrected chi connectivity index (χ0v) is 17.6. The molecule has 7 heteroatoms. The lowest BCUT2D eigenvalue weighted by molar-refractivity contribution is 0.0734. The fraction of sp³-hybridized carbons (Fsp3) is 0.0800. The molecule has 0 saturated carbocycles. The zero-order chi connectivity index (χ0) is 22.5. The van der Waals surface area contributed by atoms with Gasteiger partial charge in [-0.1, -0.05) is 41.9 Å². The highest BCUT2D eigenvalue weighted by atomic mass is 35.5. The van der Waals surface area contributed by atoms with Crippen molar-refractivity contribution in [1.29, 1.82) is 0 Å². The molecule has 0 aliphatic carbocycles. The molecule has 4 rings (SSSR count). The first-order valence-corrected chi connectivity index (χ1v) is 10.3. The summed E-state index contributed by atoms with van der Waals surface area (Å²) < 4.78 is 10.6. The number of ether oxygens (including phenoxy) is 1. The Kier molecular flexibility index (Phi) is 6.33. The molecule has 1 amide bonds. The van der Waals surface area contributed by atoms with Crippen LogP contribution in [0.2, 0.25) is 5.02 Å². The van der Waals surface area contributed by atoms with Gasteiger partial charge in [-0.05, 0) is 54.4 Å². The van der Waals surface area contributed by atoms with Crippen molar-refractivity contribution >= 4 is 34.4 Å². The Morgan fingerprint density at radius 2 is 1.69 bits per heavy atom. The smallest absolute Gasteiger partial charge is 0.349 e. The number of nitrogens with one attached hydrogen (secondary N) is 1. The van der Waals surface area contributed by atoms with Gasteiger partial charge < -0.3 is 14.5 Å². The third kappa shape index (κ3) is 5.04. The predicted octanol–water partition coefficient (Wildman–Crippen LogP) is 4.64. The quantitative estimate of drug-likeness (QED) is 0.264. The van der Waals surface area contributed by atoms with E-state index >= 15 is 0 Å². The van der Waals surface area contributed by atoms with Gasteiger partial charge >= 0.3 is 11.6 Å². The zero-order valence-electron chi connectivity index (χ0n) is 16.8. The molecule has 0 unspecified atom stereocenters. The van der Waals surface area contributed by atoms with Gasteiger partial charge in [0, 0.05) is 23.0 Å². The molecule has 32 heavy (non-hydrogen) atoms. The van der Waals surface area contributed by atoms with Gasteiger partial charge in [0.15, 0.2) is 0 Å². The van der Waals surface area contributed by atoms with Gasteiger partial charge in [-0.2, -0.15) is 0 Å². The normalized spacial score (nSPS) is 10.7. The van der Waals surface area contributed by atoms with E-state index in [1.807, 2.05) is 30.3 Å². The maximum atomic E-state index is 12.4. The minimum atomic E-state index is -0.768. The van der Waals surface area contributed by atoms with Crippen molar-refractivity contribution in [3.05, 3.63) is 111 Å². The lowest BCUT2D eigenvalue weighted by atomic mass is 10.1. The lowest BCUT2D eigenvalue weighted by Crippen LogP contribution is -2.29. The third-order valence-corrected chi connectivity index (χ3v) is 5.04. The van der Waals surface area contributed by atoms with Crippen LogP contribution in [0.3, 0.4) is 0 Å². The van der Waals surface area contributed by atoms with Crippen LogP contribution in [-0.4, -0.2) is 18.4 Å². The van der Waals surface area contributed by atoms with Crippen LogP contribution in [0.5, 0.6) is 5.75 Å². The molecule has 0 spiro atoms. The van der Waals surface area contributed by atoms with E-state index in [-0.39, 0.29) is 16.9 Å². The van der Waals surface area contributed by atoms with Crippen LogP contribution in [0.25, 0.3) is 11.0 Å². The molecular formula is C25H18ClNO5. The molecule has 1 heterocycles. The molecule has 0 bridgehead atoms. The fourth-order valence-electron chi connectivity index (χ4n) is 3.13. The van der Waals surface area contributed by atoms with E-state index in [1.54, 1.807) is 36.4 Å². The average Bonchev–Trinajstić information content (AvgIpc) is 2.79. The van der Waals surface area contributed by atoms with Crippen molar-refractivity contribution in [3.63, 3.8) is 0 Å². The molecule has 0 aliphatic rings. The van der Waals surface area contributed by atoms with Crippen molar-refractivity contribution in [2.45, 2.75) is 6.42 Å². The van der Waals surface area contributed by atoms with Gasteiger partial charge in [0.05, 0.1) is 5.56 Å². The minimum absolute atomic E-state index is 0.0866. The molecule has 3 aromatic carbocycles. The maximum Gasteiger partial charge on any atom is 0.349 e. The number of carbonyl (C=O) groups is 2. The van der Waals surface area contributed by atoms with Crippen LogP contribution >= 0.6 is 11.6 Å². The average molecular weight is 448 g/mol. The van der Waals surface area contributed by atoms with Gasteiger partial charge in [-0.15, -0.1) is 0 Å². The van der Waals surface area contributed by atoms with Crippen LogP contribution in [0.1, 0.15) is 26.3 Å². The van der Waals surface area contributed by atoms with Crippen LogP contribution in [0, 0.1) is 0 Å². The first-order chi connectivity index (χ1) is 15.5. The summed E-state index contributed by atoms with van der Waals surface area (Å²) in [5.74, 6) is -0.867. The van der Waals surface area contributed by atoms with Gasteiger partial charge in [0.2, 0.25) is 0 Å². The van der Waals surface area contributed by atoms with Crippen LogP contribution < -0.4 is 15.7 Å². The first kappa shape index (κ1) is 21.3. The van der Waals surface area contributed by atoms with Gasteiger partial charge in [0.1, 0.15) is 16.9 Å². The largest absolute Gasteiger partial charge is 0.423 e. The van der Waals surface area contributed by atoms with E-state index in [1.165, 1.54) is 12.1 Å². The highest BCUT2D eigenvalue weighted by Gasteiger charge is 2.15. The van der Waals surface area contributed by atoms with Crippen molar-refractivity contribution in [2.24, 2.45) is 0 Å². The summed E-state index contributed by atoms with van der Waals surface area (Å²) in [5.41, 5.74) is 0.766. The SMILES string of the molecule is O=C(Oc1ccc2cc(C(=O)NCCc3ccccc3)c(=O)oc2c1)c1ccc(Cl)cc1. The molecule has 6 nitrogen and oxygen atoms in total. The molecule has 0 aliphatic heterocycles. The lowest BCUT2D eigenvalue weighted by Gasteiger charge is -2.07. The topological polar surface area (TPSA) is 85.6 Å². The summed E-state index contributed by atoms with van der Waals surface area (Å²) in [6.45, 7) is 0.389. The Bertz CT molecular complexity index is 1330. The number of esters is 1. The number of carbonyl (C=O) groups excluding carboxylic acids is 2. The standard InChI is InChI=1S/C25H18ClNO5/c26-19-9-6-17(7-10-19)24(29)31-20-11-8-18-14-21(25(30)32-22(18)15-20)23(28)27-13-12-16-4-2-1-3-5-16/h1-11,14-15H,12-13H2,(H,27,28). The van der Waals surface area contributed by atoms with Crippen molar-refractivity contribution in [1.82, 2.24) is 5.32 Å². The first-order valence-electron chi connectivity index (χ1n) is 9.87. The van der Waals surface area contributed by atoms with E-state index < -0.39 is 17.5 Å². The molecule has 0 radical (unpaired) electrons. The van der Waals surface area contributed by atoms with Crippen molar-refractivity contribution < 1.29 is 18.7 Å². The second-order valence-electron chi connectivity index (χ2n) is 7.04. The summed E-state index contributed by atoms with van der Waals surface area (Å²) in [6.07, 6.45) is 0.647. The Balaban J connectivity index is 1.46. The Morgan fingerprint density at radius 1 is 0.938 bits per heavy atom. The highest BCUT2D eigenvalue weighted by molar-refractivity contribution is 6.30. The second-order valence-corrected chi connectivity index (χ2v) is 7.47. The Morgan fingerprint density at radius 3 is 2.44 bits per heavy atom. The summed E-state index contributed by atoms with van der Waals surface area (Å²) in [7, 11) is 0. The number of hydrogen-bond donors (Lipinski definition) is 1. The Hall–Kier alpha value is -3.90. The number of amides is 1. The van der Waals surface area contributed by atoms with E-state index in [0.29, 0.717) is 28.9 Å². The predicted molar refractivity (Wildman–Crippen MR) is 121 cm³/mol. The van der Waals surface area contributed by atoms with E-state index in [0.717, 1.165) is 5.56 Å². The van der Waals surface area contributed by atoms with E-state index in [9.17, 15) is 14.4 Å². The summed E-state index contributed by atoms with van der Waals surface area (Å²) >= 11 is 5.83. The molecule has 0 atom stereocenters. The van der Waals surface area contributed by atoms with Gasteiger partial charge in [-0.25, -0.2) is 9.59 Å². The van der Waals surface area contributed by atoms with Crippen LogP contribution in [-0.2, 0) is 6.42 Å². The summed E-state index contributed by atoms with van der Waals surface area (Å²) in [4.78, 5) is 37.1. The van der Waals surface area contributed by atoms with E-state index in [4.69, 9.17) is 20.8 Å². The fourth-order valence-corrected chi connectivity index (χ4v) is 3.25. The molecule has 1 N–H and O–H groups in total. The minimum Gasteiger partial charge on any atom is -0.423 e. The molecule has 0 saturated heterocycles. The second kappa shape index (κ2) is 9.49. The number of hydrogen-bond acceptors (Lipinski definition) is 5. The van der Waals surface area contributed by atoms with E-state index in [2.05, 4.69) is 5.32 Å². The number of rotatable bonds is 6. The summed E-state index contributed by atoms with van der Waals surface area (Å²) in [5, 5.41) is 3.77. The highest BCUT2D eigenvalue weighted by Crippen LogP contribution is 2.22.